The largest absolute Gasteiger partial charge is 0.341 e. The van der Waals surface area contributed by atoms with Crippen molar-refractivity contribution in [3.63, 3.8) is 0 Å². The predicted octanol–water partition coefficient (Wildman–Crippen LogP) is 2.75. The van der Waals surface area contributed by atoms with E-state index < -0.39 is 0 Å². The second-order valence-corrected chi connectivity index (χ2v) is 8.23. The van der Waals surface area contributed by atoms with Gasteiger partial charge in [-0.25, -0.2) is 4.98 Å². The molecule has 1 aliphatic heterocycles. The summed E-state index contributed by atoms with van der Waals surface area (Å²) in [5.41, 5.74) is 8.25. The van der Waals surface area contributed by atoms with Gasteiger partial charge in [-0.1, -0.05) is 30.2 Å². The molecule has 0 spiro atoms. The molecule has 7 nitrogen and oxygen atoms in total. The van der Waals surface area contributed by atoms with Gasteiger partial charge in [0.2, 0.25) is 5.95 Å². The van der Waals surface area contributed by atoms with Crippen molar-refractivity contribution >= 4 is 27.8 Å². The summed E-state index contributed by atoms with van der Waals surface area (Å²) in [7, 11) is 0. The van der Waals surface area contributed by atoms with Crippen molar-refractivity contribution in [2.75, 3.05) is 18.0 Å². The summed E-state index contributed by atoms with van der Waals surface area (Å²) in [6.45, 7) is 4.23. The summed E-state index contributed by atoms with van der Waals surface area (Å²) in [5.74, 6) is 6.83. The van der Waals surface area contributed by atoms with Crippen molar-refractivity contribution in [1.82, 2.24) is 19.1 Å². The van der Waals surface area contributed by atoms with E-state index in [1.807, 2.05) is 41.1 Å². The zero-order chi connectivity index (χ0) is 22.1. The lowest BCUT2D eigenvalue weighted by molar-refractivity contribution is 0.496. The second kappa shape index (κ2) is 8.48. The number of anilines is 1. The fraction of sp³-hybridized carbons (Fsp3) is 0.320. The lowest BCUT2D eigenvalue weighted by Gasteiger charge is -2.31. The van der Waals surface area contributed by atoms with Crippen LogP contribution in [0.2, 0.25) is 0 Å². The van der Waals surface area contributed by atoms with Gasteiger partial charge in [-0.3, -0.25) is 14.3 Å². The van der Waals surface area contributed by atoms with Gasteiger partial charge >= 0.3 is 0 Å². The number of hydrogen-bond acceptors (Lipinski definition) is 5. The van der Waals surface area contributed by atoms with E-state index in [1.165, 1.54) is 0 Å². The standard InChI is InChI=1S/C25H26N6O/c1-2-3-14-31-23-21(28-25(31)30-13-6-8-19(26)16-30)11-15-29(24(23)32)17-22-20-9-5-4-7-18(20)10-12-27-22/h4-5,7,9-12,15,19H,6,8,13-14,16-17,26H2,1H3. The Balaban J connectivity index is 1.62. The van der Waals surface area contributed by atoms with Crippen LogP contribution in [0, 0.1) is 11.8 Å². The van der Waals surface area contributed by atoms with Crippen molar-refractivity contribution in [3.05, 3.63) is 64.8 Å². The van der Waals surface area contributed by atoms with Gasteiger partial charge in [0, 0.05) is 36.9 Å². The monoisotopic (exact) mass is 426 g/mol. The molecule has 5 rings (SSSR count). The minimum absolute atomic E-state index is 0.0878. The van der Waals surface area contributed by atoms with Gasteiger partial charge in [0.05, 0.1) is 24.3 Å². The van der Waals surface area contributed by atoms with Crippen LogP contribution in [0.1, 0.15) is 25.5 Å². The Kier molecular flexibility index (Phi) is 5.38. The number of fused-ring (bicyclic) bond motifs is 2. The molecule has 1 aliphatic rings. The van der Waals surface area contributed by atoms with E-state index in [1.54, 1.807) is 17.7 Å². The van der Waals surface area contributed by atoms with Gasteiger partial charge in [0.25, 0.3) is 5.56 Å². The van der Waals surface area contributed by atoms with E-state index in [-0.39, 0.29) is 11.6 Å². The molecule has 1 atom stereocenters. The number of piperidine rings is 1. The van der Waals surface area contributed by atoms with Crippen molar-refractivity contribution in [1.29, 1.82) is 0 Å². The number of pyridine rings is 2. The Hall–Kier alpha value is -3.63. The Morgan fingerprint density at radius 3 is 2.94 bits per heavy atom. The van der Waals surface area contributed by atoms with Crippen LogP contribution in [0.3, 0.4) is 0 Å². The third-order valence-electron chi connectivity index (χ3n) is 6.08. The van der Waals surface area contributed by atoms with Gasteiger partial charge in [-0.05, 0) is 37.3 Å². The molecule has 0 bridgehead atoms. The van der Waals surface area contributed by atoms with Crippen LogP contribution in [-0.4, -0.2) is 38.2 Å². The Morgan fingerprint density at radius 1 is 1.22 bits per heavy atom. The van der Waals surface area contributed by atoms with Crippen LogP contribution in [0.25, 0.3) is 21.8 Å². The number of imidazole rings is 1. The quantitative estimate of drug-likeness (QED) is 0.508. The Morgan fingerprint density at radius 2 is 2.09 bits per heavy atom. The zero-order valence-corrected chi connectivity index (χ0v) is 18.2. The molecule has 0 aliphatic carbocycles. The Labute approximate surface area is 186 Å². The highest BCUT2D eigenvalue weighted by Gasteiger charge is 2.24. The Bertz CT molecular complexity index is 1400. The fourth-order valence-electron chi connectivity index (χ4n) is 4.50. The van der Waals surface area contributed by atoms with Crippen LogP contribution in [0.5, 0.6) is 0 Å². The molecular weight excluding hydrogens is 400 g/mol. The topological polar surface area (TPSA) is 82.0 Å². The van der Waals surface area contributed by atoms with Crippen molar-refractivity contribution in [2.24, 2.45) is 5.73 Å². The molecule has 4 aromatic rings. The number of nitrogens with two attached hydrogens (primary N) is 1. The summed E-state index contributed by atoms with van der Waals surface area (Å²) in [4.78, 5) is 25.2. The second-order valence-electron chi connectivity index (χ2n) is 8.23. The summed E-state index contributed by atoms with van der Waals surface area (Å²) in [6, 6.07) is 12.1. The molecule has 0 saturated carbocycles. The highest BCUT2D eigenvalue weighted by Crippen LogP contribution is 2.24. The third kappa shape index (κ3) is 3.63. The molecule has 1 saturated heterocycles. The van der Waals surface area contributed by atoms with Crippen LogP contribution in [-0.2, 0) is 13.1 Å². The average Bonchev–Trinajstić information content (AvgIpc) is 3.19. The lowest BCUT2D eigenvalue weighted by Crippen LogP contribution is -2.44. The van der Waals surface area contributed by atoms with E-state index in [4.69, 9.17) is 10.7 Å². The molecule has 0 radical (unpaired) electrons. The molecule has 4 heterocycles. The van der Waals surface area contributed by atoms with Crippen molar-refractivity contribution in [2.45, 2.75) is 38.9 Å². The van der Waals surface area contributed by atoms with Crippen LogP contribution < -0.4 is 16.2 Å². The molecule has 1 fully saturated rings. The van der Waals surface area contributed by atoms with Gasteiger partial charge in [-0.15, -0.1) is 5.92 Å². The molecule has 3 aromatic heterocycles. The lowest BCUT2D eigenvalue weighted by atomic mass is 10.1. The summed E-state index contributed by atoms with van der Waals surface area (Å²) in [5, 5.41) is 2.16. The molecule has 1 aromatic carbocycles. The smallest absolute Gasteiger partial charge is 0.277 e. The minimum atomic E-state index is -0.0878. The number of benzene rings is 1. The first kappa shape index (κ1) is 20.3. The van der Waals surface area contributed by atoms with Crippen molar-refractivity contribution in [3.8, 4) is 11.8 Å². The fourth-order valence-corrected chi connectivity index (χ4v) is 4.50. The van der Waals surface area contributed by atoms with E-state index >= 15 is 0 Å². The summed E-state index contributed by atoms with van der Waals surface area (Å²) < 4.78 is 3.65. The molecule has 32 heavy (non-hydrogen) atoms. The maximum Gasteiger partial charge on any atom is 0.277 e. The molecule has 162 valence electrons. The van der Waals surface area contributed by atoms with Gasteiger partial charge < -0.3 is 15.2 Å². The molecule has 0 amide bonds. The highest BCUT2D eigenvalue weighted by atomic mass is 16.1. The van der Waals surface area contributed by atoms with Gasteiger partial charge in [0.15, 0.2) is 0 Å². The normalized spacial score (nSPS) is 16.3. The first-order chi connectivity index (χ1) is 15.7. The number of aromatic nitrogens is 4. The van der Waals surface area contributed by atoms with E-state index in [0.29, 0.717) is 24.1 Å². The maximum absolute atomic E-state index is 13.6. The summed E-state index contributed by atoms with van der Waals surface area (Å²) in [6.07, 6.45) is 5.62. The van der Waals surface area contributed by atoms with E-state index in [2.05, 4.69) is 27.8 Å². The van der Waals surface area contributed by atoms with E-state index in [0.717, 1.165) is 48.3 Å². The zero-order valence-electron chi connectivity index (χ0n) is 18.2. The average molecular weight is 427 g/mol. The number of hydrogen-bond donors (Lipinski definition) is 1. The highest BCUT2D eigenvalue weighted by molar-refractivity contribution is 5.84. The SMILES string of the molecule is CC#CCn1c(N2CCCC(N)C2)nc2ccn(Cc3nccc4ccccc34)c(=O)c21. The van der Waals surface area contributed by atoms with Crippen molar-refractivity contribution < 1.29 is 0 Å². The molecule has 2 N–H and O–H groups in total. The van der Waals surface area contributed by atoms with Crippen LogP contribution in [0.4, 0.5) is 5.95 Å². The van der Waals surface area contributed by atoms with Gasteiger partial charge in [-0.2, -0.15) is 0 Å². The van der Waals surface area contributed by atoms with Gasteiger partial charge in [0.1, 0.15) is 5.52 Å². The molecule has 1 unspecified atom stereocenters. The number of rotatable bonds is 4. The number of nitrogens with zero attached hydrogens (tertiary/aromatic N) is 5. The molecular formula is C25H26N6O. The first-order valence-corrected chi connectivity index (χ1v) is 11.0. The first-order valence-electron chi connectivity index (χ1n) is 11.0. The van der Waals surface area contributed by atoms with Crippen LogP contribution >= 0.6 is 0 Å². The summed E-state index contributed by atoms with van der Waals surface area (Å²) >= 11 is 0. The predicted molar refractivity (Wildman–Crippen MR) is 128 cm³/mol. The van der Waals surface area contributed by atoms with Crippen LogP contribution in [0.15, 0.2) is 53.6 Å². The maximum atomic E-state index is 13.6. The van der Waals surface area contributed by atoms with E-state index in [9.17, 15) is 4.79 Å². The molecule has 7 heteroatoms. The third-order valence-corrected chi connectivity index (χ3v) is 6.08. The minimum Gasteiger partial charge on any atom is -0.341 e.